The van der Waals surface area contributed by atoms with Gasteiger partial charge in [-0.05, 0) is 0 Å². The van der Waals surface area contributed by atoms with E-state index in [0.717, 1.165) is 7.11 Å². The van der Waals surface area contributed by atoms with Gasteiger partial charge >= 0.3 is 5.97 Å². The minimum atomic E-state index is -0.848. The summed E-state index contributed by atoms with van der Waals surface area (Å²) in [6.07, 6.45) is 1.24. The maximum absolute atomic E-state index is 13.6. The van der Waals surface area contributed by atoms with E-state index in [1.165, 1.54) is 6.20 Å². The van der Waals surface area contributed by atoms with Crippen molar-refractivity contribution in [3.8, 4) is 11.5 Å². The molecule has 0 N–H and O–H groups in total. The summed E-state index contributed by atoms with van der Waals surface area (Å²) in [7, 11) is 1.15. The van der Waals surface area contributed by atoms with Gasteiger partial charge in [0, 0.05) is 0 Å². The summed E-state index contributed by atoms with van der Waals surface area (Å²) in [5.41, 5.74) is -0.401. The Morgan fingerprint density at radius 2 is 2.27 bits per heavy atom. The van der Waals surface area contributed by atoms with E-state index >= 15 is 0 Å². The van der Waals surface area contributed by atoms with E-state index in [-0.39, 0.29) is 18.1 Å². The standard InChI is InChI=1S/C9H8FNO4/c1-13-9(12)7-6(10)8-5(4-11-7)14-2-3-15-8/h4H,2-3H2,1H3. The molecule has 0 bridgehead atoms. The van der Waals surface area contributed by atoms with Crippen LogP contribution in [0.3, 0.4) is 0 Å². The highest BCUT2D eigenvalue weighted by molar-refractivity contribution is 5.88. The number of nitrogens with zero attached hydrogens (tertiary/aromatic N) is 1. The number of carbonyl (C=O) groups is 1. The van der Waals surface area contributed by atoms with Crippen molar-refractivity contribution >= 4 is 5.97 Å². The fourth-order valence-electron chi connectivity index (χ4n) is 1.23. The number of hydrogen-bond acceptors (Lipinski definition) is 5. The van der Waals surface area contributed by atoms with Crippen molar-refractivity contribution in [2.24, 2.45) is 0 Å². The number of hydrogen-bond donors (Lipinski definition) is 0. The average molecular weight is 213 g/mol. The molecule has 5 nitrogen and oxygen atoms in total. The Balaban J connectivity index is 2.47. The lowest BCUT2D eigenvalue weighted by Gasteiger charge is -2.18. The van der Waals surface area contributed by atoms with Crippen LogP contribution in [0, 0.1) is 5.82 Å². The second-order valence-electron chi connectivity index (χ2n) is 2.80. The van der Waals surface area contributed by atoms with Crippen LogP contribution < -0.4 is 9.47 Å². The van der Waals surface area contributed by atoms with E-state index in [1.807, 2.05) is 0 Å². The largest absolute Gasteiger partial charge is 0.484 e. The minimum Gasteiger partial charge on any atom is -0.484 e. The third-order valence-electron chi connectivity index (χ3n) is 1.91. The zero-order chi connectivity index (χ0) is 10.8. The van der Waals surface area contributed by atoms with Gasteiger partial charge in [0.05, 0.1) is 13.3 Å². The molecule has 1 aromatic rings. The molecule has 1 aromatic heterocycles. The summed E-state index contributed by atoms with van der Waals surface area (Å²) in [6, 6.07) is 0. The van der Waals surface area contributed by atoms with E-state index in [0.29, 0.717) is 6.61 Å². The van der Waals surface area contributed by atoms with Crippen molar-refractivity contribution in [3.63, 3.8) is 0 Å². The Labute approximate surface area is 84.8 Å². The van der Waals surface area contributed by atoms with Crippen LogP contribution in [0.5, 0.6) is 11.5 Å². The highest BCUT2D eigenvalue weighted by Gasteiger charge is 2.24. The molecular formula is C9H8FNO4. The van der Waals surface area contributed by atoms with Gasteiger partial charge in [-0.2, -0.15) is 0 Å². The summed E-state index contributed by atoms with van der Waals surface area (Å²) in [5.74, 6) is -1.58. The Morgan fingerprint density at radius 1 is 1.53 bits per heavy atom. The number of fused-ring (bicyclic) bond motifs is 1. The lowest BCUT2D eigenvalue weighted by Crippen LogP contribution is -2.19. The molecule has 0 radical (unpaired) electrons. The van der Waals surface area contributed by atoms with E-state index in [2.05, 4.69) is 9.72 Å². The van der Waals surface area contributed by atoms with Gasteiger partial charge in [-0.25, -0.2) is 14.2 Å². The molecule has 0 aliphatic carbocycles. The number of rotatable bonds is 1. The molecule has 2 rings (SSSR count). The van der Waals surface area contributed by atoms with Crippen LogP contribution in [0.25, 0.3) is 0 Å². The highest BCUT2D eigenvalue weighted by atomic mass is 19.1. The molecule has 0 spiro atoms. The molecule has 2 heterocycles. The maximum atomic E-state index is 13.6. The van der Waals surface area contributed by atoms with Crippen molar-refractivity contribution in [2.75, 3.05) is 20.3 Å². The van der Waals surface area contributed by atoms with Gasteiger partial charge in [0.2, 0.25) is 11.6 Å². The Morgan fingerprint density at radius 3 is 3.00 bits per heavy atom. The molecule has 0 aromatic carbocycles. The Kier molecular flexibility index (Phi) is 2.40. The summed E-state index contributed by atoms with van der Waals surface area (Å²) < 4.78 is 28.1. The third kappa shape index (κ3) is 1.58. The second-order valence-corrected chi connectivity index (χ2v) is 2.80. The Hall–Kier alpha value is -1.85. The van der Waals surface area contributed by atoms with Gasteiger partial charge in [-0.3, -0.25) is 0 Å². The topological polar surface area (TPSA) is 57.7 Å². The zero-order valence-electron chi connectivity index (χ0n) is 7.95. The van der Waals surface area contributed by atoms with Gasteiger partial charge in [0.25, 0.3) is 0 Å². The van der Waals surface area contributed by atoms with Gasteiger partial charge in [0.1, 0.15) is 13.2 Å². The maximum Gasteiger partial charge on any atom is 0.359 e. The molecule has 1 aliphatic heterocycles. The molecule has 0 amide bonds. The number of pyridine rings is 1. The number of carbonyl (C=O) groups excluding carboxylic acids is 1. The summed E-state index contributed by atoms with van der Waals surface area (Å²) in [5, 5.41) is 0. The lowest BCUT2D eigenvalue weighted by atomic mass is 10.3. The van der Waals surface area contributed by atoms with Crippen LogP contribution in [0.2, 0.25) is 0 Å². The fourth-order valence-corrected chi connectivity index (χ4v) is 1.23. The fraction of sp³-hybridized carbons (Fsp3) is 0.333. The molecule has 15 heavy (non-hydrogen) atoms. The molecule has 0 fully saturated rings. The van der Waals surface area contributed by atoms with Crippen LogP contribution in [-0.4, -0.2) is 31.3 Å². The van der Waals surface area contributed by atoms with Gasteiger partial charge in [-0.1, -0.05) is 0 Å². The molecule has 0 atom stereocenters. The average Bonchev–Trinajstić information content (AvgIpc) is 2.29. The predicted octanol–water partition coefficient (Wildman–Crippen LogP) is 0.778. The van der Waals surface area contributed by atoms with Crippen molar-refractivity contribution in [3.05, 3.63) is 17.7 Å². The smallest absolute Gasteiger partial charge is 0.359 e. The van der Waals surface area contributed by atoms with Crippen LogP contribution in [-0.2, 0) is 4.74 Å². The second kappa shape index (κ2) is 3.72. The predicted molar refractivity (Wildman–Crippen MR) is 46.5 cm³/mol. The molecular weight excluding hydrogens is 205 g/mol. The quantitative estimate of drug-likeness (QED) is 0.645. The highest BCUT2D eigenvalue weighted by Crippen LogP contribution is 2.33. The summed E-state index contributed by atoms with van der Waals surface area (Å²) in [6.45, 7) is 0.584. The number of halogens is 1. The first kappa shape index (κ1) is 9.70. The molecule has 0 saturated carbocycles. The molecule has 0 saturated heterocycles. The van der Waals surface area contributed by atoms with Crippen molar-refractivity contribution in [2.45, 2.75) is 0 Å². The lowest BCUT2D eigenvalue weighted by molar-refractivity contribution is 0.0585. The molecule has 80 valence electrons. The first-order valence-corrected chi connectivity index (χ1v) is 4.26. The van der Waals surface area contributed by atoms with Crippen molar-refractivity contribution < 1.29 is 23.4 Å². The van der Waals surface area contributed by atoms with E-state index in [4.69, 9.17) is 9.47 Å². The van der Waals surface area contributed by atoms with Crippen molar-refractivity contribution in [1.29, 1.82) is 0 Å². The molecule has 6 heteroatoms. The number of methoxy groups -OCH3 is 1. The normalized spacial score (nSPS) is 13.5. The van der Waals surface area contributed by atoms with Crippen LogP contribution in [0.4, 0.5) is 4.39 Å². The van der Waals surface area contributed by atoms with E-state index in [9.17, 15) is 9.18 Å². The number of aromatic nitrogens is 1. The first-order valence-electron chi connectivity index (χ1n) is 4.26. The first-order chi connectivity index (χ1) is 7.24. The minimum absolute atomic E-state index is 0.0864. The van der Waals surface area contributed by atoms with Crippen LogP contribution in [0.1, 0.15) is 10.5 Å². The molecule has 0 unspecified atom stereocenters. The summed E-state index contributed by atoms with van der Waals surface area (Å²) >= 11 is 0. The van der Waals surface area contributed by atoms with Crippen LogP contribution >= 0.6 is 0 Å². The van der Waals surface area contributed by atoms with Crippen LogP contribution in [0.15, 0.2) is 6.20 Å². The number of ether oxygens (including phenoxy) is 3. The SMILES string of the molecule is COC(=O)c1ncc2c(c1F)OCCO2. The van der Waals surface area contributed by atoms with Crippen molar-refractivity contribution in [1.82, 2.24) is 4.98 Å². The Bertz CT molecular complexity index is 407. The van der Waals surface area contributed by atoms with Gasteiger partial charge in [-0.15, -0.1) is 0 Å². The molecule has 1 aliphatic rings. The monoisotopic (exact) mass is 213 g/mol. The summed E-state index contributed by atoms with van der Waals surface area (Å²) in [4.78, 5) is 14.7. The van der Waals surface area contributed by atoms with E-state index in [1.54, 1.807) is 0 Å². The van der Waals surface area contributed by atoms with Gasteiger partial charge < -0.3 is 14.2 Å². The van der Waals surface area contributed by atoms with E-state index < -0.39 is 17.5 Å². The third-order valence-corrected chi connectivity index (χ3v) is 1.91. The zero-order valence-corrected chi connectivity index (χ0v) is 7.95. The van der Waals surface area contributed by atoms with Gasteiger partial charge in [0.15, 0.2) is 11.4 Å². The number of esters is 1.